The van der Waals surface area contributed by atoms with Gasteiger partial charge in [0.15, 0.2) is 28.7 Å². The van der Waals surface area contributed by atoms with Gasteiger partial charge in [-0.25, -0.2) is 9.18 Å². The first-order valence-electron chi connectivity index (χ1n) is 10.8. The number of benzene rings is 3. The van der Waals surface area contributed by atoms with Gasteiger partial charge in [-0.2, -0.15) is 0 Å². The molecule has 10 nitrogen and oxygen atoms in total. The molecule has 1 heterocycles. The number of methoxy groups -OCH3 is 1. The lowest BCUT2D eigenvalue weighted by molar-refractivity contribution is 0.0599. The first-order chi connectivity index (χ1) is 17.0. The number of rotatable bonds is 2. The standard InChI is InChI=1S/C15H13FO5.C8H8O5.C2H6/c16-10-6-13(20)12(19)5-9(10)14-2-1-8-11(18)3-7(17)4-15(8)21-14;1-13-8(12)4-2-5(9)7(11)6(10)3-4;1-2/h3-6,14,17-20H,1-2H2;2-3,9-11H,1H3;1-2H3. The number of phenolic OH excluding ortho intramolecular Hbond substituents is 7. The van der Waals surface area contributed by atoms with Crippen LogP contribution in [0.1, 0.15) is 47.9 Å². The van der Waals surface area contributed by atoms with E-state index in [1.54, 1.807) is 0 Å². The molecule has 36 heavy (non-hydrogen) atoms. The summed E-state index contributed by atoms with van der Waals surface area (Å²) in [6.45, 7) is 4.00. The Morgan fingerprint density at radius 3 is 2.03 bits per heavy atom. The summed E-state index contributed by atoms with van der Waals surface area (Å²) in [5, 5.41) is 64.9. The lowest BCUT2D eigenvalue weighted by Crippen LogP contribution is -2.16. The fourth-order valence-corrected chi connectivity index (χ4v) is 3.33. The lowest BCUT2D eigenvalue weighted by atomic mass is 9.96. The summed E-state index contributed by atoms with van der Waals surface area (Å²) in [4.78, 5) is 10.9. The second-order valence-corrected chi connectivity index (χ2v) is 7.30. The summed E-state index contributed by atoms with van der Waals surface area (Å²) in [5.41, 5.74) is 0.626. The maximum Gasteiger partial charge on any atom is 0.338 e. The van der Waals surface area contributed by atoms with E-state index in [9.17, 15) is 29.6 Å². The van der Waals surface area contributed by atoms with Crippen LogP contribution in [0.2, 0.25) is 0 Å². The average molecular weight is 506 g/mol. The van der Waals surface area contributed by atoms with Gasteiger partial charge in [-0.05, 0) is 31.0 Å². The van der Waals surface area contributed by atoms with Gasteiger partial charge in [0.05, 0.1) is 12.7 Å². The van der Waals surface area contributed by atoms with E-state index in [1.165, 1.54) is 19.2 Å². The normalized spacial score (nSPS) is 13.6. The third kappa shape index (κ3) is 6.12. The number of halogens is 1. The zero-order chi connectivity index (χ0) is 27.2. The Labute approximate surface area is 205 Å². The molecule has 0 radical (unpaired) electrons. The van der Waals surface area contributed by atoms with Crippen LogP contribution >= 0.6 is 0 Å². The molecule has 7 N–H and O–H groups in total. The fourth-order valence-electron chi connectivity index (χ4n) is 3.33. The molecule has 0 aromatic heterocycles. The predicted octanol–water partition coefficient (Wildman–Crippen LogP) is 4.33. The number of carbonyl (C=O) groups is 1. The highest BCUT2D eigenvalue weighted by molar-refractivity contribution is 5.90. The predicted molar refractivity (Wildman–Crippen MR) is 125 cm³/mol. The summed E-state index contributed by atoms with van der Waals surface area (Å²) < 4.78 is 23.8. The van der Waals surface area contributed by atoms with Crippen LogP contribution < -0.4 is 4.74 Å². The van der Waals surface area contributed by atoms with Crippen molar-refractivity contribution in [2.75, 3.05) is 7.11 Å². The number of hydrogen-bond acceptors (Lipinski definition) is 10. The van der Waals surface area contributed by atoms with E-state index in [-0.39, 0.29) is 28.4 Å². The molecule has 1 aliphatic rings. The Bertz CT molecular complexity index is 1220. The maximum absolute atomic E-state index is 13.9. The summed E-state index contributed by atoms with van der Waals surface area (Å²) in [6.07, 6.45) is 0.157. The van der Waals surface area contributed by atoms with Crippen molar-refractivity contribution in [3.8, 4) is 46.0 Å². The lowest BCUT2D eigenvalue weighted by Gasteiger charge is -2.27. The molecular weight excluding hydrogens is 479 g/mol. The van der Waals surface area contributed by atoms with Crippen molar-refractivity contribution in [3.63, 3.8) is 0 Å². The highest BCUT2D eigenvalue weighted by Gasteiger charge is 2.27. The summed E-state index contributed by atoms with van der Waals surface area (Å²) >= 11 is 0. The van der Waals surface area contributed by atoms with Crippen LogP contribution in [0.15, 0.2) is 36.4 Å². The Balaban J connectivity index is 0.000000262. The molecule has 0 amide bonds. The molecule has 0 saturated heterocycles. The van der Waals surface area contributed by atoms with E-state index in [0.29, 0.717) is 18.4 Å². The zero-order valence-corrected chi connectivity index (χ0v) is 19.7. The summed E-state index contributed by atoms with van der Waals surface area (Å²) in [5.74, 6) is -4.11. The molecule has 1 unspecified atom stereocenters. The molecule has 3 aromatic carbocycles. The third-order valence-electron chi connectivity index (χ3n) is 5.03. The van der Waals surface area contributed by atoms with Gasteiger partial charge in [-0.1, -0.05) is 13.8 Å². The number of fused-ring (bicyclic) bond motifs is 1. The van der Waals surface area contributed by atoms with Crippen molar-refractivity contribution in [3.05, 3.63) is 58.9 Å². The number of carbonyl (C=O) groups excluding carboxylic acids is 1. The highest BCUT2D eigenvalue weighted by Crippen LogP contribution is 2.43. The molecule has 194 valence electrons. The van der Waals surface area contributed by atoms with Gasteiger partial charge < -0.3 is 45.2 Å². The Morgan fingerprint density at radius 1 is 0.861 bits per heavy atom. The number of phenols is 7. The number of aromatic hydroxyl groups is 7. The molecular formula is C25H27FO10. The minimum absolute atomic E-state index is 0.0321. The number of esters is 1. The quantitative estimate of drug-likeness (QED) is 0.195. The largest absolute Gasteiger partial charge is 0.508 e. The minimum Gasteiger partial charge on any atom is -0.508 e. The molecule has 3 aromatic rings. The maximum atomic E-state index is 13.9. The second kappa shape index (κ2) is 11.7. The van der Waals surface area contributed by atoms with Crippen molar-refractivity contribution >= 4 is 5.97 Å². The van der Waals surface area contributed by atoms with Crippen molar-refractivity contribution < 1.29 is 54.4 Å². The Morgan fingerprint density at radius 2 is 1.44 bits per heavy atom. The molecule has 1 atom stereocenters. The van der Waals surface area contributed by atoms with Crippen molar-refractivity contribution in [2.45, 2.75) is 32.8 Å². The van der Waals surface area contributed by atoms with Crippen molar-refractivity contribution in [1.82, 2.24) is 0 Å². The smallest absolute Gasteiger partial charge is 0.338 e. The van der Waals surface area contributed by atoms with Crippen LogP contribution in [0.25, 0.3) is 0 Å². The monoisotopic (exact) mass is 506 g/mol. The summed E-state index contributed by atoms with van der Waals surface area (Å²) in [7, 11) is 1.17. The van der Waals surface area contributed by atoms with Crippen LogP contribution in [0.4, 0.5) is 4.39 Å². The average Bonchev–Trinajstić information content (AvgIpc) is 2.85. The van der Waals surface area contributed by atoms with Gasteiger partial charge in [0.2, 0.25) is 0 Å². The van der Waals surface area contributed by atoms with Crippen LogP contribution in [-0.4, -0.2) is 48.8 Å². The van der Waals surface area contributed by atoms with Crippen LogP contribution in [0.3, 0.4) is 0 Å². The van der Waals surface area contributed by atoms with E-state index < -0.39 is 46.6 Å². The molecule has 0 fully saturated rings. The van der Waals surface area contributed by atoms with Crippen molar-refractivity contribution in [1.29, 1.82) is 0 Å². The molecule has 0 saturated carbocycles. The van der Waals surface area contributed by atoms with Gasteiger partial charge in [0.1, 0.15) is 29.2 Å². The second-order valence-electron chi connectivity index (χ2n) is 7.30. The van der Waals surface area contributed by atoms with Crippen molar-refractivity contribution in [2.24, 2.45) is 0 Å². The van der Waals surface area contributed by atoms with Crippen LogP contribution in [-0.2, 0) is 11.2 Å². The molecule has 0 aliphatic carbocycles. The Hall–Kier alpha value is -4.54. The third-order valence-corrected chi connectivity index (χ3v) is 5.03. The Kier molecular flexibility index (Phi) is 9.03. The number of hydrogen-bond donors (Lipinski definition) is 7. The van der Waals surface area contributed by atoms with E-state index in [0.717, 1.165) is 24.3 Å². The van der Waals surface area contributed by atoms with Gasteiger partial charge in [-0.15, -0.1) is 0 Å². The van der Waals surface area contributed by atoms with Crippen LogP contribution in [0, 0.1) is 5.82 Å². The SMILES string of the molecule is CC.COC(=O)c1cc(O)c(O)c(O)c1.Oc1cc(O)c2c(c1)OC(c1cc(O)c(O)cc1F)CC2. The van der Waals surface area contributed by atoms with Gasteiger partial charge in [0.25, 0.3) is 0 Å². The molecule has 4 rings (SSSR count). The van der Waals surface area contributed by atoms with E-state index in [1.807, 2.05) is 13.8 Å². The van der Waals surface area contributed by atoms with Gasteiger partial charge in [0, 0.05) is 29.3 Å². The highest BCUT2D eigenvalue weighted by atomic mass is 19.1. The zero-order valence-electron chi connectivity index (χ0n) is 19.7. The van der Waals surface area contributed by atoms with E-state index in [2.05, 4.69) is 4.74 Å². The molecule has 11 heteroatoms. The number of ether oxygens (including phenoxy) is 2. The topological polar surface area (TPSA) is 177 Å². The van der Waals surface area contributed by atoms with E-state index >= 15 is 0 Å². The first kappa shape index (κ1) is 27.7. The minimum atomic E-state index is -0.703. The molecule has 1 aliphatic heterocycles. The van der Waals surface area contributed by atoms with Gasteiger partial charge >= 0.3 is 5.97 Å². The molecule has 0 spiro atoms. The molecule has 0 bridgehead atoms. The fraction of sp³-hybridized carbons (Fsp3) is 0.240. The van der Waals surface area contributed by atoms with Gasteiger partial charge in [-0.3, -0.25) is 0 Å². The first-order valence-corrected chi connectivity index (χ1v) is 10.8. The van der Waals surface area contributed by atoms with Crippen LogP contribution in [0.5, 0.6) is 46.0 Å². The van der Waals surface area contributed by atoms with E-state index in [4.69, 9.17) is 20.1 Å². The summed E-state index contributed by atoms with van der Waals surface area (Å²) in [6, 6.07) is 6.50.